The first-order valence-electron chi connectivity index (χ1n) is 5.52. The van der Waals surface area contributed by atoms with Crippen LogP contribution in [-0.4, -0.2) is 32.5 Å². The van der Waals surface area contributed by atoms with Gasteiger partial charge >= 0.3 is 0 Å². The second-order valence-corrected chi connectivity index (χ2v) is 4.83. The number of hydrogen-bond donors (Lipinski definition) is 1. The molecule has 2 rings (SSSR count). The normalized spacial score (nSPS) is 11.3. The Kier molecular flexibility index (Phi) is 3.10. The Hall–Kier alpha value is -2.24. The summed E-state index contributed by atoms with van der Waals surface area (Å²) < 4.78 is 5.70. The van der Waals surface area contributed by atoms with Gasteiger partial charge in [-0.15, -0.1) is 5.10 Å². The lowest BCUT2D eigenvalue weighted by Crippen LogP contribution is -2.23. The topological polar surface area (TPSA) is 80.8 Å². The Morgan fingerprint density at radius 3 is 2.67 bits per heavy atom. The zero-order valence-corrected chi connectivity index (χ0v) is 10.5. The van der Waals surface area contributed by atoms with E-state index in [9.17, 15) is 4.79 Å². The maximum atomic E-state index is 11.1. The van der Waals surface area contributed by atoms with Crippen LogP contribution in [0.5, 0.6) is 5.75 Å². The maximum Gasteiger partial charge on any atom is 0.179 e. The summed E-state index contributed by atoms with van der Waals surface area (Å²) in [5, 5.41) is 13.4. The van der Waals surface area contributed by atoms with E-state index in [2.05, 4.69) is 20.6 Å². The first-order valence-corrected chi connectivity index (χ1v) is 5.52. The summed E-state index contributed by atoms with van der Waals surface area (Å²) in [6.45, 7) is 5.78. The summed E-state index contributed by atoms with van der Waals surface area (Å²) in [4.78, 5) is 11.1. The van der Waals surface area contributed by atoms with Gasteiger partial charge in [-0.3, -0.25) is 4.79 Å². The number of tetrazole rings is 1. The molecule has 6 heteroatoms. The lowest BCUT2D eigenvalue weighted by Gasteiger charge is -2.22. The molecule has 18 heavy (non-hydrogen) atoms. The average molecular weight is 246 g/mol. The predicted molar refractivity (Wildman–Crippen MR) is 65.4 cm³/mol. The van der Waals surface area contributed by atoms with Crippen LogP contribution < -0.4 is 4.74 Å². The number of aromatic nitrogens is 4. The van der Waals surface area contributed by atoms with Crippen molar-refractivity contribution in [3.8, 4) is 17.1 Å². The Morgan fingerprint density at radius 2 is 2.11 bits per heavy atom. The average Bonchev–Trinajstić information content (AvgIpc) is 2.81. The number of H-pyrrole nitrogens is 1. The third-order valence-electron chi connectivity index (χ3n) is 2.17. The van der Waals surface area contributed by atoms with Crippen LogP contribution >= 0.6 is 0 Å². The van der Waals surface area contributed by atoms with Crippen LogP contribution in [0.2, 0.25) is 0 Å². The maximum absolute atomic E-state index is 11.1. The first kappa shape index (κ1) is 12.2. The zero-order chi connectivity index (χ0) is 13.2. The third kappa shape index (κ3) is 2.71. The number of nitrogens with one attached hydrogen (secondary N) is 1. The molecule has 0 unspecified atom stereocenters. The van der Waals surface area contributed by atoms with Crippen LogP contribution in [-0.2, 0) is 0 Å². The number of benzene rings is 1. The Morgan fingerprint density at radius 1 is 1.33 bits per heavy atom. The standard InChI is InChI=1S/C12H14N4O2/c1-12(2,3)18-10-5-4-8(6-9(10)7-17)11-13-15-16-14-11/h4-7H,1-3H3,(H,13,14,15,16). The number of aromatic amines is 1. The number of carbonyl (C=O) groups is 1. The summed E-state index contributed by atoms with van der Waals surface area (Å²) in [6, 6.07) is 5.24. The lowest BCUT2D eigenvalue weighted by atomic mass is 10.1. The monoisotopic (exact) mass is 246 g/mol. The van der Waals surface area contributed by atoms with E-state index in [-0.39, 0.29) is 5.60 Å². The second-order valence-electron chi connectivity index (χ2n) is 4.83. The van der Waals surface area contributed by atoms with E-state index in [4.69, 9.17) is 4.74 Å². The second kappa shape index (κ2) is 4.56. The molecule has 0 bridgehead atoms. The molecule has 0 aliphatic rings. The van der Waals surface area contributed by atoms with Crippen LogP contribution in [0.3, 0.4) is 0 Å². The van der Waals surface area contributed by atoms with Gasteiger partial charge in [-0.1, -0.05) is 0 Å². The minimum absolute atomic E-state index is 0.354. The van der Waals surface area contributed by atoms with Crippen molar-refractivity contribution in [3.63, 3.8) is 0 Å². The van der Waals surface area contributed by atoms with Gasteiger partial charge in [-0.2, -0.15) is 0 Å². The highest BCUT2D eigenvalue weighted by Crippen LogP contribution is 2.26. The first-order chi connectivity index (χ1) is 8.49. The largest absolute Gasteiger partial charge is 0.487 e. The molecule has 1 aromatic carbocycles. The van der Waals surface area contributed by atoms with Crippen LogP contribution in [0.25, 0.3) is 11.4 Å². The Bertz CT molecular complexity index is 544. The molecule has 0 atom stereocenters. The van der Waals surface area contributed by atoms with Crippen molar-refractivity contribution in [3.05, 3.63) is 23.8 Å². The molecule has 1 heterocycles. The van der Waals surface area contributed by atoms with E-state index in [0.717, 1.165) is 11.8 Å². The van der Waals surface area contributed by atoms with E-state index in [1.807, 2.05) is 20.8 Å². The summed E-state index contributed by atoms with van der Waals surface area (Å²) >= 11 is 0. The van der Waals surface area contributed by atoms with Gasteiger partial charge in [0.1, 0.15) is 11.4 Å². The van der Waals surface area contributed by atoms with Gasteiger partial charge in [0, 0.05) is 5.56 Å². The van der Waals surface area contributed by atoms with Crippen molar-refractivity contribution < 1.29 is 9.53 Å². The molecule has 0 radical (unpaired) electrons. The molecule has 0 saturated heterocycles. The molecule has 0 fully saturated rings. The van der Waals surface area contributed by atoms with E-state index in [1.165, 1.54) is 0 Å². The molecule has 0 amide bonds. The highest BCUT2D eigenvalue weighted by molar-refractivity contribution is 5.82. The summed E-state index contributed by atoms with van der Waals surface area (Å²) in [5.74, 6) is 1.06. The molecule has 6 nitrogen and oxygen atoms in total. The van der Waals surface area contributed by atoms with Gasteiger partial charge in [-0.25, -0.2) is 5.10 Å². The Balaban J connectivity index is 2.38. The summed E-state index contributed by atoms with van der Waals surface area (Å²) in [6.07, 6.45) is 0.758. The smallest absolute Gasteiger partial charge is 0.179 e. The molecule has 94 valence electrons. The minimum Gasteiger partial charge on any atom is -0.487 e. The number of hydrogen-bond acceptors (Lipinski definition) is 5. The lowest BCUT2D eigenvalue weighted by molar-refractivity contribution is 0.109. The van der Waals surface area contributed by atoms with Gasteiger partial charge in [0.05, 0.1) is 5.56 Å². The third-order valence-corrected chi connectivity index (χ3v) is 2.17. The number of carbonyl (C=O) groups excluding carboxylic acids is 1. The van der Waals surface area contributed by atoms with Crippen LogP contribution in [0.15, 0.2) is 18.2 Å². The van der Waals surface area contributed by atoms with E-state index >= 15 is 0 Å². The van der Waals surface area contributed by atoms with E-state index in [1.54, 1.807) is 18.2 Å². The molecule has 2 aromatic rings. The van der Waals surface area contributed by atoms with Gasteiger partial charge in [0.2, 0.25) is 0 Å². The van der Waals surface area contributed by atoms with Gasteiger partial charge < -0.3 is 4.74 Å². The molecule has 0 aliphatic carbocycles. The van der Waals surface area contributed by atoms with Crippen LogP contribution in [0.1, 0.15) is 31.1 Å². The predicted octanol–water partition coefficient (Wildman–Crippen LogP) is 1.86. The summed E-state index contributed by atoms with van der Waals surface area (Å²) in [7, 11) is 0. The van der Waals surface area contributed by atoms with Crippen molar-refractivity contribution in [2.45, 2.75) is 26.4 Å². The van der Waals surface area contributed by atoms with Crippen LogP contribution in [0.4, 0.5) is 0 Å². The molecule has 1 N–H and O–H groups in total. The molecule has 0 aliphatic heterocycles. The highest BCUT2D eigenvalue weighted by atomic mass is 16.5. The van der Waals surface area contributed by atoms with E-state index in [0.29, 0.717) is 17.1 Å². The van der Waals surface area contributed by atoms with Crippen molar-refractivity contribution in [2.75, 3.05) is 0 Å². The quantitative estimate of drug-likeness (QED) is 0.836. The minimum atomic E-state index is -0.354. The number of aldehydes is 1. The molecular formula is C12H14N4O2. The fourth-order valence-corrected chi connectivity index (χ4v) is 1.49. The summed E-state index contributed by atoms with van der Waals surface area (Å²) in [5.41, 5.74) is 0.856. The van der Waals surface area contributed by atoms with Crippen LogP contribution in [0, 0.1) is 0 Å². The number of ether oxygens (including phenoxy) is 1. The van der Waals surface area contributed by atoms with Crippen molar-refractivity contribution in [2.24, 2.45) is 0 Å². The molecule has 1 aromatic heterocycles. The van der Waals surface area contributed by atoms with Crippen molar-refractivity contribution in [1.82, 2.24) is 20.6 Å². The fraction of sp³-hybridized carbons (Fsp3) is 0.333. The van der Waals surface area contributed by atoms with Crippen molar-refractivity contribution in [1.29, 1.82) is 0 Å². The van der Waals surface area contributed by atoms with Crippen molar-refractivity contribution >= 4 is 6.29 Å². The zero-order valence-electron chi connectivity index (χ0n) is 10.5. The number of rotatable bonds is 3. The molecule has 0 spiro atoms. The van der Waals surface area contributed by atoms with E-state index < -0.39 is 0 Å². The number of nitrogens with zero attached hydrogens (tertiary/aromatic N) is 3. The fourth-order valence-electron chi connectivity index (χ4n) is 1.49. The van der Waals surface area contributed by atoms with Gasteiger partial charge in [0.15, 0.2) is 12.1 Å². The Labute approximate surface area is 104 Å². The molecule has 0 saturated carbocycles. The highest BCUT2D eigenvalue weighted by Gasteiger charge is 2.15. The van der Waals surface area contributed by atoms with Gasteiger partial charge in [0.25, 0.3) is 0 Å². The van der Waals surface area contributed by atoms with Gasteiger partial charge in [-0.05, 0) is 49.4 Å². The SMILES string of the molecule is CC(C)(C)Oc1ccc(-c2nnn[nH]2)cc1C=O. The molecular weight excluding hydrogens is 232 g/mol.